The second-order valence-corrected chi connectivity index (χ2v) is 11.9. The maximum atomic E-state index is 5.16. The SMILES string of the molecule is c1ccc(-c2cccc(-c3cccc(-c4cc(-c5ccccc5)cc(-c5nc(-c6ccccc6)cc(-c6ccccc6)n5)c4)c3)c2)cc1. The maximum Gasteiger partial charge on any atom is 0.160 e. The van der Waals surface area contributed by atoms with Crippen LogP contribution in [0.25, 0.3) is 78.4 Å². The van der Waals surface area contributed by atoms with Gasteiger partial charge in [-0.15, -0.1) is 0 Å². The molecule has 0 N–H and O–H groups in total. The van der Waals surface area contributed by atoms with Gasteiger partial charge in [-0.2, -0.15) is 0 Å². The van der Waals surface area contributed by atoms with Crippen LogP contribution in [0.4, 0.5) is 0 Å². The summed E-state index contributed by atoms with van der Waals surface area (Å²) in [5.74, 6) is 0.695. The summed E-state index contributed by atoms with van der Waals surface area (Å²) in [6, 6.07) is 68.1. The Kier molecular flexibility index (Phi) is 7.96. The number of aromatic nitrogens is 2. The van der Waals surface area contributed by atoms with Gasteiger partial charge in [0.1, 0.15) is 0 Å². The minimum Gasteiger partial charge on any atom is -0.228 e. The van der Waals surface area contributed by atoms with Gasteiger partial charge in [-0.3, -0.25) is 0 Å². The highest BCUT2D eigenvalue weighted by Gasteiger charge is 2.14. The van der Waals surface area contributed by atoms with Gasteiger partial charge < -0.3 is 0 Å². The number of nitrogens with zero attached hydrogens (tertiary/aromatic N) is 2. The lowest BCUT2D eigenvalue weighted by Crippen LogP contribution is -1.97. The van der Waals surface area contributed by atoms with E-state index in [2.05, 4.69) is 182 Å². The van der Waals surface area contributed by atoms with E-state index in [-0.39, 0.29) is 0 Å². The van der Waals surface area contributed by atoms with Gasteiger partial charge in [0, 0.05) is 16.7 Å². The van der Waals surface area contributed by atoms with E-state index < -0.39 is 0 Å². The molecule has 1 heterocycles. The molecule has 8 aromatic rings. The van der Waals surface area contributed by atoms with E-state index in [1.165, 1.54) is 22.3 Å². The maximum absolute atomic E-state index is 5.16. The van der Waals surface area contributed by atoms with Crippen LogP contribution in [-0.2, 0) is 0 Å². The average molecular weight is 613 g/mol. The van der Waals surface area contributed by atoms with Crippen molar-refractivity contribution in [3.63, 3.8) is 0 Å². The summed E-state index contributed by atoms with van der Waals surface area (Å²) < 4.78 is 0. The molecule has 0 atom stereocenters. The van der Waals surface area contributed by atoms with Crippen LogP contribution in [0.2, 0.25) is 0 Å². The topological polar surface area (TPSA) is 25.8 Å². The van der Waals surface area contributed by atoms with Crippen molar-refractivity contribution in [3.8, 4) is 78.4 Å². The molecule has 0 fully saturated rings. The molecule has 1 aromatic heterocycles. The molecule has 0 bridgehead atoms. The second kappa shape index (κ2) is 13.2. The quantitative estimate of drug-likeness (QED) is 0.179. The predicted octanol–water partition coefficient (Wildman–Crippen LogP) is 12.1. The molecule has 0 saturated carbocycles. The molecule has 0 spiro atoms. The molecular formula is C46H32N2. The number of benzene rings is 7. The van der Waals surface area contributed by atoms with Gasteiger partial charge >= 0.3 is 0 Å². The fraction of sp³-hybridized carbons (Fsp3) is 0. The van der Waals surface area contributed by atoms with Crippen molar-refractivity contribution in [2.75, 3.05) is 0 Å². The van der Waals surface area contributed by atoms with E-state index in [0.29, 0.717) is 5.82 Å². The smallest absolute Gasteiger partial charge is 0.160 e. The van der Waals surface area contributed by atoms with Crippen LogP contribution >= 0.6 is 0 Å². The van der Waals surface area contributed by atoms with Gasteiger partial charge in [0.2, 0.25) is 0 Å². The number of rotatable bonds is 7. The third kappa shape index (κ3) is 6.20. The summed E-state index contributed by atoms with van der Waals surface area (Å²) in [5, 5.41) is 0. The summed E-state index contributed by atoms with van der Waals surface area (Å²) >= 11 is 0. The van der Waals surface area contributed by atoms with Gasteiger partial charge in [-0.1, -0.05) is 158 Å². The van der Waals surface area contributed by atoms with Gasteiger partial charge in [0.05, 0.1) is 11.4 Å². The van der Waals surface area contributed by atoms with E-state index in [1.807, 2.05) is 12.1 Å². The first-order valence-electron chi connectivity index (χ1n) is 16.2. The molecule has 2 heteroatoms. The van der Waals surface area contributed by atoms with Gasteiger partial charge in [0.25, 0.3) is 0 Å². The van der Waals surface area contributed by atoms with E-state index in [4.69, 9.17) is 9.97 Å². The molecular weight excluding hydrogens is 581 g/mol. The molecule has 48 heavy (non-hydrogen) atoms. The molecule has 0 aliphatic heterocycles. The molecule has 0 radical (unpaired) electrons. The molecule has 7 aromatic carbocycles. The molecule has 8 rings (SSSR count). The van der Waals surface area contributed by atoms with Crippen LogP contribution in [0, 0.1) is 0 Å². The number of hydrogen-bond donors (Lipinski definition) is 0. The lowest BCUT2D eigenvalue weighted by atomic mass is 9.93. The normalized spacial score (nSPS) is 10.9. The van der Waals surface area contributed by atoms with Crippen molar-refractivity contribution in [1.82, 2.24) is 9.97 Å². The number of hydrogen-bond acceptors (Lipinski definition) is 2. The summed E-state index contributed by atoms with van der Waals surface area (Å²) in [5.41, 5.74) is 14.2. The summed E-state index contributed by atoms with van der Waals surface area (Å²) in [6.45, 7) is 0. The highest BCUT2D eigenvalue weighted by molar-refractivity contribution is 5.83. The first-order valence-corrected chi connectivity index (χ1v) is 16.2. The van der Waals surface area contributed by atoms with Crippen molar-refractivity contribution < 1.29 is 0 Å². The van der Waals surface area contributed by atoms with Gasteiger partial charge in [-0.25, -0.2) is 9.97 Å². The van der Waals surface area contributed by atoms with E-state index >= 15 is 0 Å². The molecule has 0 unspecified atom stereocenters. The third-order valence-electron chi connectivity index (χ3n) is 8.66. The second-order valence-electron chi connectivity index (χ2n) is 11.9. The van der Waals surface area contributed by atoms with Crippen LogP contribution in [0.15, 0.2) is 194 Å². The van der Waals surface area contributed by atoms with Crippen molar-refractivity contribution in [2.45, 2.75) is 0 Å². The summed E-state index contributed by atoms with van der Waals surface area (Å²) in [4.78, 5) is 10.3. The van der Waals surface area contributed by atoms with Crippen LogP contribution in [0.1, 0.15) is 0 Å². The lowest BCUT2D eigenvalue weighted by molar-refractivity contribution is 1.18. The zero-order valence-electron chi connectivity index (χ0n) is 26.4. The fourth-order valence-electron chi connectivity index (χ4n) is 6.20. The standard InChI is InChI=1S/C46H32N2/c1-5-15-33(16-6-1)37-23-13-24-38(27-37)39-25-14-26-40(28-39)42-29-41(34-17-7-2-8-18-34)30-43(31-42)46-47-44(35-19-9-3-10-20-35)32-45(48-46)36-21-11-4-12-22-36/h1-32H. The first-order chi connectivity index (χ1) is 23.8. The largest absolute Gasteiger partial charge is 0.228 e. The Hall–Kier alpha value is -6.38. The molecule has 0 amide bonds. The monoisotopic (exact) mass is 612 g/mol. The Labute approximate surface area is 281 Å². The first kappa shape index (κ1) is 29.1. The predicted molar refractivity (Wildman–Crippen MR) is 200 cm³/mol. The zero-order chi connectivity index (χ0) is 32.1. The Balaban J connectivity index is 1.28. The highest BCUT2D eigenvalue weighted by Crippen LogP contribution is 2.36. The Bertz CT molecular complexity index is 2260. The zero-order valence-corrected chi connectivity index (χ0v) is 26.4. The molecule has 0 aliphatic carbocycles. The Morgan fingerprint density at radius 2 is 0.500 bits per heavy atom. The lowest BCUT2D eigenvalue weighted by Gasteiger charge is -2.14. The molecule has 0 saturated heterocycles. The van der Waals surface area contributed by atoms with Crippen molar-refractivity contribution >= 4 is 0 Å². The summed E-state index contributed by atoms with van der Waals surface area (Å²) in [6.07, 6.45) is 0. The van der Waals surface area contributed by atoms with Crippen LogP contribution in [-0.4, -0.2) is 9.97 Å². The minimum atomic E-state index is 0.695. The highest BCUT2D eigenvalue weighted by atomic mass is 14.9. The molecule has 226 valence electrons. The van der Waals surface area contributed by atoms with E-state index in [9.17, 15) is 0 Å². The third-order valence-corrected chi connectivity index (χ3v) is 8.66. The van der Waals surface area contributed by atoms with Gasteiger partial charge in [-0.05, 0) is 80.9 Å². The molecule has 0 aliphatic rings. The fourth-order valence-corrected chi connectivity index (χ4v) is 6.20. The van der Waals surface area contributed by atoms with Crippen molar-refractivity contribution in [3.05, 3.63) is 194 Å². The van der Waals surface area contributed by atoms with Crippen LogP contribution in [0.5, 0.6) is 0 Å². The van der Waals surface area contributed by atoms with Crippen LogP contribution in [0.3, 0.4) is 0 Å². The van der Waals surface area contributed by atoms with E-state index in [1.54, 1.807) is 0 Å². The molecule has 2 nitrogen and oxygen atoms in total. The minimum absolute atomic E-state index is 0.695. The van der Waals surface area contributed by atoms with Crippen molar-refractivity contribution in [2.24, 2.45) is 0 Å². The summed E-state index contributed by atoms with van der Waals surface area (Å²) in [7, 11) is 0. The average Bonchev–Trinajstić information content (AvgIpc) is 3.19. The van der Waals surface area contributed by atoms with E-state index in [0.717, 1.165) is 50.3 Å². The van der Waals surface area contributed by atoms with Gasteiger partial charge in [0.15, 0.2) is 5.82 Å². The Morgan fingerprint density at radius 3 is 0.958 bits per heavy atom. The van der Waals surface area contributed by atoms with Crippen LogP contribution < -0.4 is 0 Å². The van der Waals surface area contributed by atoms with Crippen molar-refractivity contribution in [1.29, 1.82) is 0 Å². The Morgan fingerprint density at radius 1 is 0.208 bits per heavy atom.